The summed E-state index contributed by atoms with van der Waals surface area (Å²) < 4.78 is 55.7. The van der Waals surface area contributed by atoms with E-state index >= 15 is 0 Å². The highest BCUT2D eigenvalue weighted by atomic mass is 19.4. The zero-order valence-corrected chi connectivity index (χ0v) is 17.9. The molecule has 0 aliphatic carbocycles. The lowest BCUT2D eigenvalue weighted by atomic mass is 10.0. The minimum absolute atomic E-state index is 0.0815. The Morgan fingerprint density at radius 3 is 2.55 bits per heavy atom. The van der Waals surface area contributed by atoms with Crippen LogP contribution in [0.2, 0.25) is 0 Å². The molecule has 1 atom stereocenters. The van der Waals surface area contributed by atoms with Gasteiger partial charge < -0.3 is 24.2 Å². The lowest BCUT2D eigenvalue weighted by molar-refractivity contribution is -0.147. The number of rotatable bonds is 11. The first-order valence-corrected chi connectivity index (χ1v) is 10.5. The number of hydrogen-bond donors (Lipinski definition) is 2. The van der Waals surface area contributed by atoms with Gasteiger partial charge in [0.15, 0.2) is 17.4 Å². The Labute approximate surface area is 187 Å². The van der Waals surface area contributed by atoms with Crippen LogP contribution in [-0.4, -0.2) is 34.6 Å². The molecule has 2 N–H and O–H groups in total. The number of nitrogens with zero attached hydrogens (tertiary/aromatic N) is 1. The average molecular weight is 467 g/mol. The van der Waals surface area contributed by atoms with Gasteiger partial charge in [-0.05, 0) is 49.1 Å². The number of unbranched alkanes of at least 4 members (excludes halogenated alkanes) is 1. The van der Waals surface area contributed by atoms with Gasteiger partial charge in [-0.1, -0.05) is 30.6 Å². The number of carboxylic acid groups (broad SMARTS) is 1. The second kappa shape index (κ2) is 10.6. The summed E-state index contributed by atoms with van der Waals surface area (Å²) in [5.74, 6) is -0.439. The Bertz CT molecular complexity index is 1100. The quantitative estimate of drug-likeness (QED) is 0.376. The van der Waals surface area contributed by atoms with Crippen molar-refractivity contribution in [3.8, 4) is 11.5 Å². The highest BCUT2D eigenvalue weighted by Gasteiger charge is 2.37. The van der Waals surface area contributed by atoms with Gasteiger partial charge >= 0.3 is 12.1 Å². The molecule has 178 valence electrons. The van der Waals surface area contributed by atoms with Crippen molar-refractivity contribution in [2.24, 2.45) is 0 Å². The molecule has 0 fully saturated rings. The average Bonchev–Trinajstić information content (AvgIpc) is 3.22. The van der Waals surface area contributed by atoms with Gasteiger partial charge in [0.05, 0.1) is 18.6 Å². The second-order valence-electron chi connectivity index (χ2n) is 7.42. The Hall–Kier alpha value is -3.27. The minimum atomic E-state index is -4.59. The van der Waals surface area contributed by atoms with Crippen LogP contribution in [0.3, 0.4) is 0 Å². The molecule has 0 bridgehead atoms. The van der Waals surface area contributed by atoms with Gasteiger partial charge in [-0.25, -0.2) is 4.79 Å². The lowest BCUT2D eigenvalue weighted by Crippen LogP contribution is -2.10. The number of halogens is 3. The molecular weight excluding hydrogens is 443 g/mol. The van der Waals surface area contributed by atoms with E-state index in [1.807, 2.05) is 6.92 Å². The van der Waals surface area contributed by atoms with E-state index in [0.29, 0.717) is 56.0 Å². The Kier molecular flexibility index (Phi) is 7.80. The summed E-state index contributed by atoms with van der Waals surface area (Å²) in [6.45, 7) is 2.57. The van der Waals surface area contributed by atoms with Crippen molar-refractivity contribution < 1.29 is 42.2 Å². The van der Waals surface area contributed by atoms with E-state index in [0.717, 1.165) is 0 Å². The largest absolute Gasteiger partial charge is 0.494 e. The van der Waals surface area contributed by atoms with Crippen LogP contribution in [0.15, 0.2) is 40.9 Å². The van der Waals surface area contributed by atoms with Crippen LogP contribution in [0.1, 0.15) is 49.1 Å². The van der Waals surface area contributed by atoms with Crippen LogP contribution in [0, 0.1) is 0 Å². The normalized spacial score (nSPS) is 12.6. The van der Waals surface area contributed by atoms with Gasteiger partial charge in [-0.3, -0.25) is 0 Å². The number of alkyl halides is 3. The van der Waals surface area contributed by atoms with Crippen LogP contribution < -0.4 is 9.47 Å². The standard InChI is InChI=1S/C23H24F3NO6/c1-2-6-16-18(10-9-17-20(16)33-27-21(17)23(24,25)26)32-12-4-3-11-31-15-8-5-7-14(13-15)19(28)22(29)30/h5,7-10,13,19,28H,2-4,6,11-12H2,1H3,(H,29,30). The fourth-order valence-electron chi connectivity index (χ4n) is 3.36. The highest BCUT2D eigenvalue weighted by molar-refractivity contribution is 5.85. The van der Waals surface area contributed by atoms with E-state index in [1.165, 1.54) is 24.3 Å². The third-order valence-corrected chi connectivity index (χ3v) is 4.94. The van der Waals surface area contributed by atoms with Crippen molar-refractivity contribution in [2.45, 2.75) is 44.9 Å². The number of ether oxygens (including phenoxy) is 2. The summed E-state index contributed by atoms with van der Waals surface area (Å²) in [6.07, 6.45) is -3.79. The molecule has 0 spiro atoms. The number of carboxylic acids is 1. The fraction of sp³-hybridized carbons (Fsp3) is 0.391. The van der Waals surface area contributed by atoms with Gasteiger partial charge in [-0.2, -0.15) is 13.2 Å². The lowest BCUT2D eigenvalue weighted by Gasteiger charge is -2.12. The third kappa shape index (κ3) is 5.95. The molecule has 0 amide bonds. The van der Waals surface area contributed by atoms with Crippen LogP contribution in [0.4, 0.5) is 13.2 Å². The molecule has 3 rings (SSSR count). The van der Waals surface area contributed by atoms with Gasteiger partial charge in [0, 0.05) is 5.56 Å². The number of fused-ring (bicyclic) bond motifs is 1. The first-order chi connectivity index (χ1) is 15.7. The van der Waals surface area contributed by atoms with E-state index in [-0.39, 0.29) is 16.5 Å². The molecule has 0 saturated heterocycles. The molecule has 7 nitrogen and oxygen atoms in total. The number of aryl methyl sites for hydroxylation is 1. The van der Waals surface area contributed by atoms with Crippen molar-refractivity contribution in [3.63, 3.8) is 0 Å². The number of benzene rings is 2. The van der Waals surface area contributed by atoms with Crippen molar-refractivity contribution in [1.82, 2.24) is 5.16 Å². The summed E-state index contributed by atoms with van der Waals surface area (Å²) in [5, 5.41) is 21.6. The smallest absolute Gasteiger partial charge is 0.437 e. The Morgan fingerprint density at radius 1 is 1.15 bits per heavy atom. The molecule has 2 aromatic carbocycles. The molecule has 0 aliphatic rings. The highest BCUT2D eigenvalue weighted by Crippen LogP contribution is 2.38. The summed E-state index contributed by atoms with van der Waals surface area (Å²) in [6, 6.07) is 9.04. The topological polar surface area (TPSA) is 102 Å². The zero-order valence-electron chi connectivity index (χ0n) is 17.9. The number of aromatic nitrogens is 1. The van der Waals surface area contributed by atoms with Gasteiger partial charge in [0.2, 0.25) is 0 Å². The molecule has 0 aliphatic heterocycles. The summed E-state index contributed by atoms with van der Waals surface area (Å²) in [4.78, 5) is 10.9. The van der Waals surface area contributed by atoms with Crippen molar-refractivity contribution in [1.29, 1.82) is 0 Å². The first-order valence-electron chi connectivity index (χ1n) is 10.5. The Morgan fingerprint density at radius 2 is 1.88 bits per heavy atom. The van der Waals surface area contributed by atoms with Crippen molar-refractivity contribution in [3.05, 3.63) is 53.2 Å². The number of aliphatic carboxylic acids is 1. The van der Waals surface area contributed by atoms with E-state index in [9.17, 15) is 23.1 Å². The van der Waals surface area contributed by atoms with Crippen LogP contribution >= 0.6 is 0 Å². The predicted octanol–water partition coefficient (Wildman–Crippen LogP) is 5.16. The summed E-state index contributed by atoms with van der Waals surface area (Å²) >= 11 is 0. The van der Waals surface area contributed by atoms with E-state index < -0.39 is 23.9 Å². The zero-order chi connectivity index (χ0) is 24.0. The molecule has 3 aromatic rings. The maximum Gasteiger partial charge on any atom is 0.437 e. The van der Waals surface area contributed by atoms with Gasteiger partial charge in [0.25, 0.3) is 0 Å². The maximum absolute atomic E-state index is 13.1. The molecule has 0 radical (unpaired) electrons. The molecule has 1 unspecified atom stereocenters. The predicted molar refractivity (Wildman–Crippen MR) is 112 cm³/mol. The van der Waals surface area contributed by atoms with Gasteiger partial charge in [-0.15, -0.1) is 0 Å². The monoisotopic (exact) mass is 467 g/mol. The molecule has 33 heavy (non-hydrogen) atoms. The number of hydrogen-bond acceptors (Lipinski definition) is 6. The third-order valence-electron chi connectivity index (χ3n) is 4.94. The maximum atomic E-state index is 13.1. The first kappa shape index (κ1) is 24.4. The molecule has 10 heteroatoms. The molecule has 1 aromatic heterocycles. The Balaban J connectivity index is 1.55. The number of aliphatic hydroxyl groups excluding tert-OH is 1. The van der Waals surface area contributed by atoms with E-state index in [4.69, 9.17) is 19.1 Å². The number of aliphatic hydroxyl groups is 1. The van der Waals surface area contributed by atoms with Crippen LogP contribution in [0.5, 0.6) is 11.5 Å². The van der Waals surface area contributed by atoms with Crippen molar-refractivity contribution in [2.75, 3.05) is 13.2 Å². The second-order valence-corrected chi connectivity index (χ2v) is 7.42. The van der Waals surface area contributed by atoms with Crippen LogP contribution in [-0.2, 0) is 17.4 Å². The number of carbonyl (C=O) groups is 1. The minimum Gasteiger partial charge on any atom is -0.494 e. The summed E-state index contributed by atoms with van der Waals surface area (Å²) in [7, 11) is 0. The van der Waals surface area contributed by atoms with Gasteiger partial charge in [0.1, 0.15) is 11.5 Å². The van der Waals surface area contributed by atoms with E-state index in [1.54, 1.807) is 12.1 Å². The SMILES string of the molecule is CCCc1c(OCCCCOc2cccc(C(O)C(=O)O)c2)ccc2c(C(F)(F)F)noc12. The molecular formula is C23H24F3NO6. The summed E-state index contributed by atoms with van der Waals surface area (Å²) in [5.41, 5.74) is -0.168. The molecule has 0 saturated carbocycles. The van der Waals surface area contributed by atoms with Crippen molar-refractivity contribution >= 4 is 16.9 Å². The van der Waals surface area contributed by atoms with Crippen LogP contribution in [0.25, 0.3) is 11.0 Å². The molecule has 1 heterocycles. The fourth-order valence-corrected chi connectivity index (χ4v) is 3.36. The van der Waals surface area contributed by atoms with E-state index in [2.05, 4.69) is 5.16 Å².